The SMILES string of the molecule is CN=C(NCc1nc(C(F)(F)F)cs1)NCC(C)Oc1cccc(F)c1. The third-order valence-electron chi connectivity index (χ3n) is 3.16. The number of rotatable bonds is 6. The number of aromatic nitrogens is 1. The van der Waals surface area contributed by atoms with Gasteiger partial charge in [0.25, 0.3) is 0 Å². The van der Waals surface area contributed by atoms with Gasteiger partial charge in [0.05, 0.1) is 13.1 Å². The van der Waals surface area contributed by atoms with Gasteiger partial charge in [-0.2, -0.15) is 13.2 Å². The Kier molecular flexibility index (Phi) is 6.78. The third kappa shape index (κ3) is 6.17. The molecule has 0 saturated carbocycles. The smallest absolute Gasteiger partial charge is 0.434 e. The lowest BCUT2D eigenvalue weighted by molar-refractivity contribution is -0.140. The van der Waals surface area contributed by atoms with E-state index in [2.05, 4.69) is 20.6 Å². The molecule has 1 heterocycles. The van der Waals surface area contributed by atoms with Crippen molar-refractivity contribution in [2.75, 3.05) is 13.6 Å². The zero-order chi connectivity index (χ0) is 19.2. The van der Waals surface area contributed by atoms with E-state index < -0.39 is 11.9 Å². The van der Waals surface area contributed by atoms with Crippen LogP contribution in [0, 0.1) is 5.82 Å². The quantitative estimate of drug-likeness (QED) is 0.451. The number of benzene rings is 1. The maximum atomic E-state index is 13.1. The molecule has 2 rings (SSSR count). The molecule has 142 valence electrons. The number of guanidine groups is 1. The van der Waals surface area contributed by atoms with Crippen molar-refractivity contribution in [2.24, 2.45) is 4.99 Å². The average molecular weight is 390 g/mol. The second-order valence-electron chi connectivity index (χ2n) is 5.32. The van der Waals surface area contributed by atoms with Crippen molar-refractivity contribution < 1.29 is 22.3 Å². The van der Waals surface area contributed by atoms with Crippen LogP contribution in [0.3, 0.4) is 0 Å². The van der Waals surface area contributed by atoms with Crippen molar-refractivity contribution in [3.8, 4) is 5.75 Å². The zero-order valence-corrected chi connectivity index (χ0v) is 14.9. The monoisotopic (exact) mass is 390 g/mol. The summed E-state index contributed by atoms with van der Waals surface area (Å²) < 4.78 is 56.3. The summed E-state index contributed by atoms with van der Waals surface area (Å²) in [6.07, 6.45) is -4.73. The highest BCUT2D eigenvalue weighted by Gasteiger charge is 2.33. The summed E-state index contributed by atoms with van der Waals surface area (Å²) in [5, 5.41) is 7.14. The van der Waals surface area contributed by atoms with Crippen LogP contribution in [0.2, 0.25) is 0 Å². The van der Waals surface area contributed by atoms with Crippen LogP contribution in [0.5, 0.6) is 5.75 Å². The molecule has 2 aromatic rings. The molecule has 0 aliphatic carbocycles. The summed E-state index contributed by atoms with van der Waals surface area (Å²) in [4.78, 5) is 7.52. The Morgan fingerprint density at radius 3 is 2.73 bits per heavy atom. The zero-order valence-electron chi connectivity index (χ0n) is 14.1. The fraction of sp³-hybridized carbons (Fsp3) is 0.375. The average Bonchev–Trinajstić information content (AvgIpc) is 3.04. The van der Waals surface area contributed by atoms with Crippen molar-refractivity contribution in [2.45, 2.75) is 25.7 Å². The van der Waals surface area contributed by atoms with Gasteiger partial charge in [-0.15, -0.1) is 11.3 Å². The van der Waals surface area contributed by atoms with E-state index >= 15 is 0 Å². The molecule has 1 unspecified atom stereocenters. The highest BCUT2D eigenvalue weighted by atomic mass is 32.1. The molecule has 0 saturated heterocycles. The molecule has 0 amide bonds. The molecule has 10 heteroatoms. The Bertz CT molecular complexity index is 748. The molecule has 0 radical (unpaired) electrons. The minimum Gasteiger partial charge on any atom is -0.489 e. The minimum atomic E-state index is -4.45. The number of hydrogen-bond donors (Lipinski definition) is 2. The third-order valence-corrected chi connectivity index (χ3v) is 4.01. The van der Waals surface area contributed by atoms with Gasteiger partial charge < -0.3 is 15.4 Å². The molecule has 1 aromatic heterocycles. The largest absolute Gasteiger partial charge is 0.489 e. The normalized spacial score (nSPS) is 13.4. The standard InChI is InChI=1S/C16H18F4N4OS/c1-10(25-12-5-3-4-11(17)6-12)7-22-15(21-2)23-8-14-24-13(9-26-14)16(18,19)20/h3-6,9-10H,7-8H2,1-2H3,(H2,21,22,23). The first-order valence-corrected chi connectivity index (χ1v) is 8.54. The number of aliphatic imine (C=N–C) groups is 1. The Morgan fingerprint density at radius 1 is 1.35 bits per heavy atom. The van der Waals surface area contributed by atoms with Crippen LogP contribution < -0.4 is 15.4 Å². The molecule has 0 aliphatic heterocycles. The maximum absolute atomic E-state index is 13.1. The molecule has 1 aromatic carbocycles. The van der Waals surface area contributed by atoms with Crippen molar-refractivity contribution in [3.63, 3.8) is 0 Å². The van der Waals surface area contributed by atoms with Crippen LogP contribution in [0.25, 0.3) is 0 Å². The molecule has 0 bridgehead atoms. The van der Waals surface area contributed by atoms with E-state index in [9.17, 15) is 17.6 Å². The van der Waals surface area contributed by atoms with Gasteiger partial charge in [-0.3, -0.25) is 4.99 Å². The molecule has 2 N–H and O–H groups in total. The highest BCUT2D eigenvalue weighted by molar-refractivity contribution is 7.09. The van der Waals surface area contributed by atoms with E-state index in [0.717, 1.165) is 16.7 Å². The predicted molar refractivity (Wildman–Crippen MR) is 91.8 cm³/mol. The number of alkyl halides is 3. The molecular formula is C16H18F4N4OS. The Balaban J connectivity index is 1.79. The van der Waals surface area contributed by atoms with Crippen LogP contribution in [-0.4, -0.2) is 30.6 Å². The molecular weight excluding hydrogens is 372 g/mol. The maximum Gasteiger partial charge on any atom is 0.434 e. The summed E-state index contributed by atoms with van der Waals surface area (Å²) in [6, 6.07) is 5.80. The highest BCUT2D eigenvalue weighted by Crippen LogP contribution is 2.29. The van der Waals surface area contributed by atoms with E-state index in [4.69, 9.17) is 4.74 Å². The minimum absolute atomic E-state index is 0.111. The Hall–Kier alpha value is -2.36. The molecule has 0 aliphatic rings. The first-order valence-electron chi connectivity index (χ1n) is 7.66. The number of nitrogens with zero attached hydrogens (tertiary/aromatic N) is 2. The van der Waals surface area contributed by atoms with Gasteiger partial charge in [-0.05, 0) is 19.1 Å². The topological polar surface area (TPSA) is 58.5 Å². The number of hydrogen-bond acceptors (Lipinski definition) is 4. The number of halogens is 4. The van der Waals surface area contributed by atoms with E-state index in [1.807, 2.05) is 0 Å². The van der Waals surface area contributed by atoms with Crippen LogP contribution in [-0.2, 0) is 12.7 Å². The van der Waals surface area contributed by atoms with Gasteiger partial charge in [0.15, 0.2) is 11.7 Å². The van der Waals surface area contributed by atoms with Crippen molar-refractivity contribution >= 4 is 17.3 Å². The number of thiazole rings is 1. The summed E-state index contributed by atoms with van der Waals surface area (Å²) in [5.74, 6) is 0.412. The molecule has 26 heavy (non-hydrogen) atoms. The molecule has 0 fully saturated rings. The van der Waals surface area contributed by atoms with Gasteiger partial charge in [-0.25, -0.2) is 9.37 Å². The lowest BCUT2D eigenvalue weighted by Gasteiger charge is -2.17. The van der Waals surface area contributed by atoms with Gasteiger partial charge in [0.2, 0.25) is 0 Å². The fourth-order valence-electron chi connectivity index (χ4n) is 1.96. The lowest BCUT2D eigenvalue weighted by Crippen LogP contribution is -2.41. The number of nitrogens with one attached hydrogen (secondary N) is 2. The summed E-state index contributed by atoms with van der Waals surface area (Å²) in [7, 11) is 1.54. The van der Waals surface area contributed by atoms with Crippen molar-refractivity contribution in [1.29, 1.82) is 0 Å². The Labute approximate surface area is 152 Å². The second-order valence-corrected chi connectivity index (χ2v) is 6.26. The van der Waals surface area contributed by atoms with Crippen LogP contribution in [0.1, 0.15) is 17.6 Å². The van der Waals surface area contributed by atoms with E-state index in [1.54, 1.807) is 19.1 Å². The van der Waals surface area contributed by atoms with Crippen LogP contribution >= 0.6 is 11.3 Å². The van der Waals surface area contributed by atoms with Crippen LogP contribution in [0.15, 0.2) is 34.6 Å². The number of ether oxygens (including phenoxy) is 1. The van der Waals surface area contributed by atoms with Gasteiger partial charge in [0.1, 0.15) is 22.7 Å². The lowest BCUT2D eigenvalue weighted by atomic mass is 10.3. The molecule has 5 nitrogen and oxygen atoms in total. The van der Waals surface area contributed by atoms with Gasteiger partial charge >= 0.3 is 6.18 Å². The second kappa shape index (κ2) is 8.84. The van der Waals surface area contributed by atoms with E-state index in [-0.39, 0.29) is 18.5 Å². The predicted octanol–water partition coefficient (Wildman–Crippen LogP) is 3.43. The van der Waals surface area contributed by atoms with Crippen molar-refractivity contribution in [3.05, 3.63) is 46.2 Å². The summed E-state index contributed by atoms with van der Waals surface area (Å²) >= 11 is 0.920. The summed E-state index contributed by atoms with van der Waals surface area (Å²) in [6.45, 7) is 2.27. The van der Waals surface area contributed by atoms with Crippen molar-refractivity contribution in [1.82, 2.24) is 15.6 Å². The summed E-state index contributed by atoms with van der Waals surface area (Å²) in [5.41, 5.74) is -0.903. The Morgan fingerprint density at radius 2 is 2.12 bits per heavy atom. The van der Waals surface area contributed by atoms with Gasteiger partial charge in [-0.1, -0.05) is 6.07 Å². The fourth-order valence-corrected chi connectivity index (χ4v) is 2.70. The first kappa shape index (κ1) is 20.0. The van der Waals surface area contributed by atoms with Crippen LogP contribution in [0.4, 0.5) is 17.6 Å². The van der Waals surface area contributed by atoms with E-state index in [1.165, 1.54) is 19.2 Å². The molecule has 1 atom stereocenters. The first-order chi connectivity index (χ1) is 12.3. The van der Waals surface area contributed by atoms with E-state index in [0.29, 0.717) is 23.3 Å². The van der Waals surface area contributed by atoms with Gasteiger partial charge in [0, 0.05) is 18.5 Å². The molecule has 0 spiro atoms.